The first-order valence-corrected chi connectivity index (χ1v) is 7.36. The first-order chi connectivity index (χ1) is 8.88. The van der Waals surface area contributed by atoms with Crippen LogP contribution in [0, 0.1) is 0 Å². The van der Waals surface area contributed by atoms with Crippen molar-refractivity contribution in [1.82, 2.24) is 9.55 Å². The van der Waals surface area contributed by atoms with Crippen molar-refractivity contribution < 1.29 is 4.74 Å². The molecule has 0 radical (unpaired) electrons. The number of thiophene rings is 1. The number of ether oxygens (including phenoxy) is 1. The van der Waals surface area contributed by atoms with Gasteiger partial charge >= 0.3 is 0 Å². The number of nitrogens with zero attached hydrogens (tertiary/aromatic N) is 2. The molecule has 0 aromatic carbocycles. The lowest BCUT2D eigenvalue weighted by atomic mass is 9.92. The highest BCUT2D eigenvalue weighted by atomic mass is 32.1. The molecule has 0 amide bonds. The summed E-state index contributed by atoms with van der Waals surface area (Å²) in [4.78, 5) is 5.77. The summed E-state index contributed by atoms with van der Waals surface area (Å²) < 4.78 is 7.85. The van der Waals surface area contributed by atoms with E-state index in [0.717, 1.165) is 12.2 Å². The predicted molar refractivity (Wildman–Crippen MR) is 73.8 cm³/mol. The van der Waals surface area contributed by atoms with Crippen LogP contribution in [0.1, 0.15) is 31.7 Å². The summed E-state index contributed by atoms with van der Waals surface area (Å²) in [5, 5.41) is 2.10. The van der Waals surface area contributed by atoms with Crippen molar-refractivity contribution in [3.05, 3.63) is 29.9 Å². The normalized spacial score (nSPS) is 24.3. The average Bonchev–Trinajstić information content (AvgIpc) is 3.09. The maximum atomic E-state index is 5.52. The number of hydrogen-bond acceptors (Lipinski definition) is 3. The molecular weight excluding hydrogens is 244 g/mol. The van der Waals surface area contributed by atoms with Crippen LogP contribution >= 0.6 is 11.3 Å². The summed E-state index contributed by atoms with van der Waals surface area (Å²) in [7, 11) is 1.82. The van der Waals surface area contributed by atoms with Crippen LogP contribution in [-0.2, 0) is 4.74 Å². The molecule has 96 valence electrons. The Morgan fingerprint density at radius 3 is 3.17 bits per heavy atom. The van der Waals surface area contributed by atoms with E-state index in [1.54, 1.807) is 11.3 Å². The molecule has 2 aromatic heterocycles. The zero-order chi connectivity index (χ0) is 12.4. The van der Waals surface area contributed by atoms with Gasteiger partial charge in [-0.15, -0.1) is 11.3 Å². The number of methoxy groups -OCH3 is 1. The Hall–Kier alpha value is -1.13. The maximum Gasteiger partial charge on any atom is 0.150 e. The van der Waals surface area contributed by atoms with Gasteiger partial charge in [-0.05, 0) is 37.1 Å². The quantitative estimate of drug-likeness (QED) is 0.842. The van der Waals surface area contributed by atoms with Gasteiger partial charge in [0, 0.05) is 25.5 Å². The fraction of sp³-hybridized carbons (Fsp3) is 0.500. The molecular formula is C14H18N2OS. The van der Waals surface area contributed by atoms with Crippen LogP contribution in [-0.4, -0.2) is 22.8 Å². The zero-order valence-corrected chi connectivity index (χ0v) is 11.4. The first-order valence-electron chi connectivity index (χ1n) is 6.48. The van der Waals surface area contributed by atoms with Gasteiger partial charge in [-0.1, -0.05) is 6.07 Å². The lowest BCUT2D eigenvalue weighted by molar-refractivity contribution is 0.0533. The zero-order valence-electron chi connectivity index (χ0n) is 10.6. The fourth-order valence-corrected chi connectivity index (χ4v) is 3.52. The van der Waals surface area contributed by atoms with Crippen molar-refractivity contribution in [2.75, 3.05) is 7.11 Å². The lowest BCUT2D eigenvalue weighted by Crippen LogP contribution is -2.24. The van der Waals surface area contributed by atoms with Gasteiger partial charge in [0.1, 0.15) is 5.82 Å². The summed E-state index contributed by atoms with van der Waals surface area (Å²) in [6.45, 7) is 0. The number of rotatable bonds is 3. The minimum Gasteiger partial charge on any atom is -0.381 e. The van der Waals surface area contributed by atoms with Gasteiger partial charge in [0.15, 0.2) is 0 Å². The van der Waals surface area contributed by atoms with Gasteiger partial charge < -0.3 is 9.30 Å². The Morgan fingerprint density at radius 1 is 1.44 bits per heavy atom. The van der Waals surface area contributed by atoms with Gasteiger partial charge in [-0.3, -0.25) is 0 Å². The second-order valence-electron chi connectivity index (χ2n) is 4.81. The van der Waals surface area contributed by atoms with Crippen LogP contribution in [0.3, 0.4) is 0 Å². The van der Waals surface area contributed by atoms with E-state index in [1.807, 2.05) is 13.3 Å². The van der Waals surface area contributed by atoms with Gasteiger partial charge in [0.2, 0.25) is 0 Å². The Kier molecular flexibility index (Phi) is 3.48. The maximum absolute atomic E-state index is 5.52. The molecule has 1 saturated carbocycles. The van der Waals surface area contributed by atoms with E-state index in [-0.39, 0.29) is 0 Å². The van der Waals surface area contributed by atoms with E-state index >= 15 is 0 Å². The Balaban J connectivity index is 1.86. The summed E-state index contributed by atoms with van der Waals surface area (Å²) in [5.74, 6) is 1.10. The molecule has 0 saturated heterocycles. The minimum absolute atomic E-state index is 0.405. The topological polar surface area (TPSA) is 27.1 Å². The molecule has 2 unspecified atom stereocenters. The summed E-state index contributed by atoms with van der Waals surface area (Å²) in [5.41, 5.74) is 0. The average molecular weight is 262 g/mol. The van der Waals surface area contributed by atoms with E-state index in [2.05, 4.69) is 33.3 Å². The van der Waals surface area contributed by atoms with Crippen LogP contribution in [0.25, 0.3) is 10.7 Å². The highest BCUT2D eigenvalue weighted by Crippen LogP contribution is 2.34. The molecule has 2 atom stereocenters. The minimum atomic E-state index is 0.405. The van der Waals surface area contributed by atoms with Gasteiger partial charge in [-0.2, -0.15) is 0 Å². The van der Waals surface area contributed by atoms with Crippen LogP contribution in [0.4, 0.5) is 0 Å². The van der Waals surface area contributed by atoms with E-state index in [0.29, 0.717) is 12.1 Å². The highest BCUT2D eigenvalue weighted by molar-refractivity contribution is 7.13. The number of hydrogen-bond donors (Lipinski definition) is 0. The molecule has 0 bridgehead atoms. The first kappa shape index (κ1) is 11.9. The van der Waals surface area contributed by atoms with Crippen LogP contribution in [0.5, 0.6) is 0 Å². The third-order valence-corrected chi connectivity index (χ3v) is 4.60. The van der Waals surface area contributed by atoms with E-state index in [4.69, 9.17) is 4.74 Å². The third kappa shape index (κ3) is 2.22. The molecule has 0 aliphatic heterocycles. The number of imidazole rings is 1. The largest absolute Gasteiger partial charge is 0.381 e. The van der Waals surface area contributed by atoms with Crippen molar-refractivity contribution in [2.24, 2.45) is 0 Å². The van der Waals surface area contributed by atoms with Gasteiger partial charge in [0.25, 0.3) is 0 Å². The molecule has 1 aliphatic rings. The molecule has 1 fully saturated rings. The summed E-state index contributed by atoms with van der Waals surface area (Å²) >= 11 is 1.75. The molecule has 1 aliphatic carbocycles. The van der Waals surface area contributed by atoms with Crippen LogP contribution in [0.15, 0.2) is 29.9 Å². The van der Waals surface area contributed by atoms with Crippen molar-refractivity contribution in [3.63, 3.8) is 0 Å². The van der Waals surface area contributed by atoms with Crippen molar-refractivity contribution in [3.8, 4) is 10.7 Å². The Morgan fingerprint density at radius 2 is 2.39 bits per heavy atom. The lowest BCUT2D eigenvalue weighted by Gasteiger charge is -2.29. The summed E-state index contributed by atoms with van der Waals surface area (Å²) in [6.07, 6.45) is 9.19. The van der Waals surface area contributed by atoms with Crippen LogP contribution < -0.4 is 0 Å². The van der Waals surface area contributed by atoms with Crippen LogP contribution in [0.2, 0.25) is 0 Å². The SMILES string of the molecule is COC1CCCC(n2ccnc2-c2cccs2)C1. The van der Waals surface area contributed by atoms with Gasteiger partial charge in [0.05, 0.1) is 11.0 Å². The molecule has 3 rings (SSSR count). The van der Waals surface area contributed by atoms with E-state index in [9.17, 15) is 0 Å². The van der Waals surface area contributed by atoms with Crippen molar-refractivity contribution in [1.29, 1.82) is 0 Å². The second kappa shape index (κ2) is 5.24. The predicted octanol–water partition coefficient (Wildman–Crippen LogP) is 3.74. The van der Waals surface area contributed by atoms with E-state index < -0.39 is 0 Å². The fourth-order valence-electron chi connectivity index (χ4n) is 2.79. The Bertz CT molecular complexity index is 492. The molecule has 4 heteroatoms. The Labute approximate surface area is 111 Å². The molecule has 2 aromatic rings. The standard InChI is InChI=1S/C14H18N2OS/c1-17-12-5-2-4-11(10-12)16-8-7-15-14(16)13-6-3-9-18-13/h3,6-9,11-12H,2,4-5,10H2,1H3. The van der Waals surface area contributed by atoms with Crippen molar-refractivity contribution >= 4 is 11.3 Å². The van der Waals surface area contributed by atoms with E-state index in [1.165, 1.54) is 24.1 Å². The van der Waals surface area contributed by atoms with Gasteiger partial charge in [-0.25, -0.2) is 4.98 Å². The summed E-state index contributed by atoms with van der Waals surface area (Å²) in [6, 6.07) is 4.75. The smallest absolute Gasteiger partial charge is 0.150 e. The molecule has 2 heterocycles. The number of aromatic nitrogens is 2. The monoisotopic (exact) mass is 262 g/mol. The molecule has 0 spiro atoms. The highest BCUT2D eigenvalue weighted by Gasteiger charge is 2.24. The third-order valence-electron chi connectivity index (χ3n) is 3.74. The second-order valence-corrected chi connectivity index (χ2v) is 5.76. The molecule has 0 N–H and O–H groups in total. The molecule has 18 heavy (non-hydrogen) atoms. The van der Waals surface area contributed by atoms with Crippen molar-refractivity contribution in [2.45, 2.75) is 37.8 Å². The molecule has 3 nitrogen and oxygen atoms in total.